The fraction of sp³-hybridized carbons (Fsp3) is 0.294. The van der Waals surface area contributed by atoms with Gasteiger partial charge in [0.15, 0.2) is 0 Å². The summed E-state index contributed by atoms with van der Waals surface area (Å²) in [6.07, 6.45) is 2.42. The topological polar surface area (TPSA) is 21.3 Å². The Morgan fingerprint density at radius 3 is 2.81 bits per heavy atom. The third kappa shape index (κ3) is 4.29. The molecular weight excluding hydrogens is 333 g/mol. The zero-order valence-electron chi connectivity index (χ0n) is 11.6. The Morgan fingerprint density at radius 2 is 2.05 bits per heavy atom. The van der Waals surface area contributed by atoms with Gasteiger partial charge in [0, 0.05) is 22.6 Å². The molecule has 0 aromatic heterocycles. The maximum Gasteiger partial charge on any atom is 0.124 e. The first-order chi connectivity index (χ1) is 10.2. The summed E-state index contributed by atoms with van der Waals surface area (Å²) in [7, 11) is 0. The van der Waals surface area contributed by atoms with Gasteiger partial charge in [-0.3, -0.25) is 0 Å². The van der Waals surface area contributed by atoms with Gasteiger partial charge in [-0.05, 0) is 48.7 Å². The number of nitrogens with one attached hydrogen (secondary N) is 1. The van der Waals surface area contributed by atoms with E-state index in [1.807, 2.05) is 24.3 Å². The first-order valence-electron chi connectivity index (χ1n) is 7.10. The number of benzene rings is 2. The molecule has 110 valence electrons. The molecule has 1 fully saturated rings. The summed E-state index contributed by atoms with van der Waals surface area (Å²) >= 11 is 3.44. The van der Waals surface area contributed by atoms with Crippen molar-refractivity contribution in [2.75, 3.05) is 0 Å². The van der Waals surface area contributed by atoms with Crippen molar-refractivity contribution in [3.63, 3.8) is 0 Å². The van der Waals surface area contributed by atoms with Crippen molar-refractivity contribution in [2.24, 2.45) is 0 Å². The molecule has 0 saturated heterocycles. The van der Waals surface area contributed by atoms with Crippen LogP contribution in [0.3, 0.4) is 0 Å². The average Bonchev–Trinajstić information content (AvgIpc) is 3.28. The van der Waals surface area contributed by atoms with Gasteiger partial charge in [0.05, 0.1) is 0 Å². The van der Waals surface area contributed by atoms with Gasteiger partial charge in [-0.2, -0.15) is 0 Å². The maximum absolute atomic E-state index is 13.4. The molecule has 2 aromatic carbocycles. The molecule has 2 aromatic rings. The van der Waals surface area contributed by atoms with Crippen LogP contribution in [0.4, 0.5) is 4.39 Å². The Hall–Kier alpha value is -1.39. The van der Waals surface area contributed by atoms with E-state index in [0.717, 1.165) is 21.3 Å². The van der Waals surface area contributed by atoms with E-state index in [2.05, 4.69) is 21.2 Å². The predicted molar refractivity (Wildman–Crippen MR) is 84.7 cm³/mol. The van der Waals surface area contributed by atoms with Crippen LogP contribution in [-0.4, -0.2) is 6.04 Å². The maximum atomic E-state index is 13.4. The lowest BCUT2D eigenvalue weighted by Gasteiger charge is -2.12. The van der Waals surface area contributed by atoms with Gasteiger partial charge >= 0.3 is 0 Å². The van der Waals surface area contributed by atoms with Crippen LogP contribution in [0.5, 0.6) is 5.75 Å². The molecule has 0 aliphatic heterocycles. The van der Waals surface area contributed by atoms with Crippen molar-refractivity contribution in [3.05, 3.63) is 63.9 Å². The summed E-state index contributed by atoms with van der Waals surface area (Å²) in [4.78, 5) is 0. The summed E-state index contributed by atoms with van der Waals surface area (Å²) < 4.78 is 20.3. The van der Waals surface area contributed by atoms with E-state index in [1.54, 1.807) is 12.1 Å². The third-order valence-electron chi connectivity index (χ3n) is 3.46. The molecule has 2 nitrogen and oxygen atoms in total. The summed E-state index contributed by atoms with van der Waals surface area (Å²) in [5.41, 5.74) is 1.95. The van der Waals surface area contributed by atoms with E-state index in [1.165, 1.54) is 18.9 Å². The highest BCUT2D eigenvalue weighted by atomic mass is 79.9. The molecule has 3 rings (SSSR count). The molecule has 0 atom stereocenters. The van der Waals surface area contributed by atoms with E-state index in [0.29, 0.717) is 19.2 Å². The highest BCUT2D eigenvalue weighted by Gasteiger charge is 2.20. The second-order valence-electron chi connectivity index (χ2n) is 5.33. The number of rotatable bonds is 6. The lowest BCUT2D eigenvalue weighted by Crippen LogP contribution is -2.16. The van der Waals surface area contributed by atoms with Crippen molar-refractivity contribution in [1.82, 2.24) is 5.32 Å². The van der Waals surface area contributed by atoms with Crippen LogP contribution in [0.1, 0.15) is 24.0 Å². The molecule has 0 amide bonds. The van der Waals surface area contributed by atoms with Gasteiger partial charge in [0.2, 0.25) is 0 Å². The minimum atomic E-state index is -0.225. The summed E-state index contributed by atoms with van der Waals surface area (Å²) in [6, 6.07) is 13.3. The second-order valence-corrected chi connectivity index (χ2v) is 6.24. The lowest BCUT2D eigenvalue weighted by atomic mass is 10.2. The van der Waals surface area contributed by atoms with Crippen molar-refractivity contribution in [1.29, 1.82) is 0 Å². The number of ether oxygens (including phenoxy) is 1. The van der Waals surface area contributed by atoms with E-state index >= 15 is 0 Å². The van der Waals surface area contributed by atoms with Crippen LogP contribution < -0.4 is 10.1 Å². The minimum absolute atomic E-state index is 0.225. The van der Waals surface area contributed by atoms with Gasteiger partial charge in [-0.1, -0.05) is 28.1 Å². The summed E-state index contributed by atoms with van der Waals surface area (Å²) in [5.74, 6) is 0.516. The zero-order chi connectivity index (χ0) is 14.7. The molecule has 0 bridgehead atoms. The van der Waals surface area contributed by atoms with Gasteiger partial charge in [0.1, 0.15) is 18.2 Å². The number of hydrogen-bond acceptors (Lipinski definition) is 2. The van der Waals surface area contributed by atoms with Crippen LogP contribution in [0.15, 0.2) is 46.9 Å². The normalized spacial score (nSPS) is 14.2. The third-order valence-corrected chi connectivity index (χ3v) is 3.96. The van der Waals surface area contributed by atoms with Crippen molar-refractivity contribution in [3.8, 4) is 5.75 Å². The van der Waals surface area contributed by atoms with Crippen molar-refractivity contribution < 1.29 is 9.13 Å². The number of hydrogen-bond donors (Lipinski definition) is 1. The fourth-order valence-corrected chi connectivity index (χ4v) is 2.60. The number of halogens is 2. The van der Waals surface area contributed by atoms with Gasteiger partial charge in [-0.25, -0.2) is 4.39 Å². The Bertz CT molecular complexity index is 628. The van der Waals surface area contributed by atoms with Gasteiger partial charge in [0.25, 0.3) is 0 Å². The van der Waals surface area contributed by atoms with Crippen LogP contribution in [0.2, 0.25) is 0 Å². The fourth-order valence-electron chi connectivity index (χ4n) is 2.16. The van der Waals surface area contributed by atoms with Crippen LogP contribution in [0, 0.1) is 5.82 Å². The minimum Gasteiger partial charge on any atom is -0.489 e. The molecule has 0 unspecified atom stereocenters. The first kappa shape index (κ1) is 14.5. The monoisotopic (exact) mass is 349 g/mol. The average molecular weight is 350 g/mol. The van der Waals surface area contributed by atoms with E-state index < -0.39 is 0 Å². The lowest BCUT2D eigenvalue weighted by molar-refractivity contribution is 0.301. The van der Waals surface area contributed by atoms with Gasteiger partial charge in [-0.15, -0.1) is 0 Å². The Kier molecular flexibility index (Phi) is 4.56. The molecule has 21 heavy (non-hydrogen) atoms. The Labute approximate surface area is 132 Å². The van der Waals surface area contributed by atoms with Crippen LogP contribution in [0.25, 0.3) is 0 Å². The first-order valence-corrected chi connectivity index (χ1v) is 7.89. The van der Waals surface area contributed by atoms with Gasteiger partial charge < -0.3 is 10.1 Å². The zero-order valence-corrected chi connectivity index (χ0v) is 13.2. The smallest absolute Gasteiger partial charge is 0.124 e. The Morgan fingerprint density at radius 1 is 1.19 bits per heavy atom. The molecule has 1 N–H and O–H groups in total. The molecule has 4 heteroatoms. The largest absolute Gasteiger partial charge is 0.489 e. The molecule has 0 heterocycles. The molecule has 0 radical (unpaired) electrons. The van der Waals surface area contributed by atoms with Crippen molar-refractivity contribution in [2.45, 2.75) is 32.0 Å². The van der Waals surface area contributed by atoms with Crippen LogP contribution in [-0.2, 0) is 13.2 Å². The quantitative estimate of drug-likeness (QED) is 0.833. The SMILES string of the molecule is Fc1ccc(OCc2cccc(Br)c2)c(CNC2CC2)c1. The van der Waals surface area contributed by atoms with E-state index in [-0.39, 0.29) is 5.82 Å². The summed E-state index contributed by atoms with van der Waals surface area (Å²) in [5, 5.41) is 3.39. The molecule has 1 aliphatic carbocycles. The predicted octanol–water partition coefficient (Wildman–Crippen LogP) is 4.42. The highest BCUT2D eigenvalue weighted by Crippen LogP contribution is 2.24. The second kappa shape index (κ2) is 6.58. The molecule has 1 saturated carbocycles. The van der Waals surface area contributed by atoms with E-state index in [9.17, 15) is 4.39 Å². The molecule has 0 spiro atoms. The van der Waals surface area contributed by atoms with Crippen molar-refractivity contribution >= 4 is 15.9 Å². The van der Waals surface area contributed by atoms with E-state index in [4.69, 9.17) is 4.74 Å². The Balaban J connectivity index is 1.68. The summed E-state index contributed by atoms with van der Waals surface area (Å²) in [6.45, 7) is 1.12. The standard InChI is InChI=1S/C17H17BrFNO/c18-14-3-1-2-12(8-14)11-21-17-7-4-15(19)9-13(17)10-20-16-5-6-16/h1-4,7-9,16,20H,5-6,10-11H2. The van der Waals surface area contributed by atoms with Crippen LogP contribution >= 0.6 is 15.9 Å². The molecule has 1 aliphatic rings. The highest BCUT2D eigenvalue weighted by molar-refractivity contribution is 9.10. The molecular formula is C17H17BrFNO.